The molecule has 0 saturated carbocycles. The SMILES string of the molecule is O=C(CCCN1C2CCC1c1c([nH]c3ccccc13)C2)c1ccccc1.O=C(O)C(=O)O. The van der Waals surface area contributed by atoms with Gasteiger partial charge in [-0.15, -0.1) is 0 Å². The summed E-state index contributed by atoms with van der Waals surface area (Å²) >= 11 is 0. The van der Waals surface area contributed by atoms with Crippen LogP contribution in [0, 0.1) is 0 Å². The Labute approximate surface area is 185 Å². The number of ketones is 1. The second-order valence-electron chi connectivity index (χ2n) is 8.25. The number of rotatable bonds is 5. The minimum atomic E-state index is -1.82. The molecule has 7 heteroatoms. The fraction of sp³-hybridized carbons (Fsp3) is 0.320. The number of hydrogen-bond acceptors (Lipinski definition) is 4. The molecule has 0 amide bonds. The first kappa shape index (κ1) is 21.8. The van der Waals surface area contributed by atoms with E-state index in [0.29, 0.717) is 18.5 Å². The Morgan fingerprint density at radius 1 is 0.938 bits per heavy atom. The van der Waals surface area contributed by atoms with E-state index in [2.05, 4.69) is 34.1 Å². The molecule has 0 radical (unpaired) electrons. The largest absolute Gasteiger partial charge is 0.473 e. The molecule has 2 bridgehead atoms. The van der Waals surface area contributed by atoms with Crippen LogP contribution in [0.2, 0.25) is 0 Å². The number of aliphatic carboxylic acids is 2. The maximum atomic E-state index is 12.4. The summed E-state index contributed by atoms with van der Waals surface area (Å²) in [5.41, 5.74) is 5.07. The van der Waals surface area contributed by atoms with Gasteiger partial charge in [0.2, 0.25) is 0 Å². The van der Waals surface area contributed by atoms with Gasteiger partial charge in [-0.05, 0) is 37.4 Å². The zero-order valence-corrected chi connectivity index (χ0v) is 17.7. The monoisotopic (exact) mass is 434 g/mol. The molecule has 2 atom stereocenters. The van der Waals surface area contributed by atoms with Crippen molar-refractivity contribution in [2.24, 2.45) is 0 Å². The number of aromatic amines is 1. The van der Waals surface area contributed by atoms with Crippen LogP contribution in [0.1, 0.15) is 53.3 Å². The van der Waals surface area contributed by atoms with Crippen molar-refractivity contribution in [1.29, 1.82) is 0 Å². The predicted octanol–water partition coefficient (Wildman–Crippen LogP) is 4.05. The molecule has 2 unspecified atom stereocenters. The van der Waals surface area contributed by atoms with E-state index < -0.39 is 11.9 Å². The van der Waals surface area contributed by atoms with E-state index in [-0.39, 0.29) is 5.78 Å². The summed E-state index contributed by atoms with van der Waals surface area (Å²) in [5, 5.41) is 16.2. The number of carbonyl (C=O) groups excluding carboxylic acids is 1. The van der Waals surface area contributed by atoms with Gasteiger partial charge in [0.1, 0.15) is 0 Å². The maximum Gasteiger partial charge on any atom is 0.414 e. The summed E-state index contributed by atoms with van der Waals surface area (Å²) in [5.74, 6) is -3.38. The molecule has 0 spiro atoms. The van der Waals surface area contributed by atoms with Crippen LogP contribution in [0.4, 0.5) is 0 Å². The average Bonchev–Trinajstić information content (AvgIpc) is 3.30. The van der Waals surface area contributed by atoms with Crippen LogP contribution in [-0.4, -0.2) is 50.4 Å². The number of fused-ring (bicyclic) bond motifs is 6. The third-order valence-electron chi connectivity index (χ3n) is 6.34. The fourth-order valence-corrected chi connectivity index (χ4v) is 4.99. The van der Waals surface area contributed by atoms with Crippen LogP contribution in [0.5, 0.6) is 0 Å². The van der Waals surface area contributed by atoms with Gasteiger partial charge in [0.15, 0.2) is 5.78 Å². The van der Waals surface area contributed by atoms with Crippen molar-refractivity contribution in [2.75, 3.05) is 6.54 Å². The Hall–Kier alpha value is -3.45. The van der Waals surface area contributed by atoms with Gasteiger partial charge in [-0.25, -0.2) is 9.59 Å². The highest BCUT2D eigenvalue weighted by Gasteiger charge is 2.41. The van der Waals surface area contributed by atoms with Gasteiger partial charge in [0, 0.05) is 47.1 Å². The second-order valence-corrected chi connectivity index (χ2v) is 8.25. The molecule has 1 aromatic heterocycles. The average molecular weight is 434 g/mol. The number of carboxylic acids is 2. The zero-order valence-electron chi connectivity index (χ0n) is 17.7. The highest BCUT2D eigenvalue weighted by atomic mass is 16.4. The lowest BCUT2D eigenvalue weighted by Gasteiger charge is -2.35. The van der Waals surface area contributed by atoms with Crippen molar-refractivity contribution in [3.05, 3.63) is 71.4 Å². The zero-order chi connectivity index (χ0) is 22.7. The molecule has 1 saturated heterocycles. The van der Waals surface area contributed by atoms with Crippen molar-refractivity contribution in [1.82, 2.24) is 9.88 Å². The maximum absolute atomic E-state index is 12.4. The normalized spacial score (nSPS) is 19.1. The third kappa shape index (κ3) is 4.43. The van der Waals surface area contributed by atoms with E-state index in [4.69, 9.17) is 19.8 Å². The number of benzene rings is 2. The minimum Gasteiger partial charge on any atom is -0.473 e. The molecule has 1 fully saturated rings. The van der Waals surface area contributed by atoms with Crippen molar-refractivity contribution >= 4 is 28.6 Å². The quantitative estimate of drug-likeness (QED) is 0.413. The molecular formula is C25H26N2O5. The molecule has 2 aliphatic heterocycles. The summed E-state index contributed by atoms with van der Waals surface area (Å²) < 4.78 is 0. The first-order valence-electron chi connectivity index (χ1n) is 10.9. The van der Waals surface area contributed by atoms with Gasteiger partial charge in [-0.2, -0.15) is 0 Å². The van der Waals surface area contributed by atoms with E-state index in [9.17, 15) is 4.79 Å². The molecule has 2 aromatic carbocycles. The van der Waals surface area contributed by atoms with E-state index in [1.165, 1.54) is 35.0 Å². The van der Waals surface area contributed by atoms with Crippen molar-refractivity contribution < 1.29 is 24.6 Å². The molecule has 7 nitrogen and oxygen atoms in total. The van der Waals surface area contributed by atoms with Gasteiger partial charge in [0.05, 0.1) is 0 Å². The number of hydrogen-bond donors (Lipinski definition) is 3. The second kappa shape index (κ2) is 9.36. The van der Waals surface area contributed by atoms with Crippen LogP contribution < -0.4 is 0 Å². The number of para-hydroxylation sites is 1. The molecule has 32 heavy (non-hydrogen) atoms. The molecule has 0 aliphatic carbocycles. The Balaban J connectivity index is 0.000000363. The van der Waals surface area contributed by atoms with Crippen LogP contribution in [0.25, 0.3) is 10.9 Å². The van der Waals surface area contributed by atoms with Gasteiger partial charge in [-0.1, -0.05) is 48.5 Å². The molecule has 166 valence electrons. The summed E-state index contributed by atoms with van der Waals surface area (Å²) in [6.07, 6.45) is 5.21. The lowest BCUT2D eigenvalue weighted by Crippen LogP contribution is -2.38. The van der Waals surface area contributed by atoms with E-state index in [1.807, 2.05) is 30.3 Å². The Morgan fingerprint density at radius 3 is 2.34 bits per heavy atom. The smallest absolute Gasteiger partial charge is 0.414 e. The molecule has 3 N–H and O–H groups in total. The number of aromatic nitrogens is 1. The number of carboxylic acid groups (broad SMARTS) is 2. The number of nitrogens with one attached hydrogen (secondary N) is 1. The topological polar surface area (TPSA) is 111 Å². The van der Waals surface area contributed by atoms with Gasteiger partial charge in [-0.3, -0.25) is 9.69 Å². The third-order valence-corrected chi connectivity index (χ3v) is 6.34. The fourth-order valence-electron chi connectivity index (χ4n) is 4.99. The van der Waals surface area contributed by atoms with Gasteiger partial charge < -0.3 is 15.2 Å². The summed E-state index contributed by atoms with van der Waals surface area (Å²) in [7, 11) is 0. The minimum absolute atomic E-state index is 0.266. The van der Waals surface area contributed by atoms with Crippen LogP contribution in [0.3, 0.4) is 0 Å². The summed E-state index contributed by atoms with van der Waals surface area (Å²) in [4.78, 5) is 36.9. The standard InChI is InChI=1S/C23H24N2O.C2H2O4/c26-22(16-7-2-1-3-8-16)11-6-14-25-17-12-13-21(25)23-18-9-4-5-10-19(18)24-20(23)15-17;3-1(4)2(5)6/h1-5,7-10,17,21,24H,6,11-15H2;(H,3,4)(H,5,6). The first-order valence-corrected chi connectivity index (χ1v) is 10.9. The van der Waals surface area contributed by atoms with E-state index in [0.717, 1.165) is 24.9 Å². The van der Waals surface area contributed by atoms with Crippen LogP contribution >= 0.6 is 0 Å². The highest BCUT2D eigenvalue weighted by Crippen LogP contribution is 2.46. The summed E-state index contributed by atoms with van der Waals surface area (Å²) in [6.45, 7) is 1.02. The number of carbonyl (C=O) groups is 3. The predicted molar refractivity (Wildman–Crippen MR) is 120 cm³/mol. The van der Waals surface area contributed by atoms with Crippen LogP contribution in [0.15, 0.2) is 54.6 Å². The number of Topliss-reactive ketones (excluding diaryl/α,β-unsaturated/α-hetero) is 1. The van der Waals surface area contributed by atoms with Crippen molar-refractivity contribution in [3.63, 3.8) is 0 Å². The number of nitrogens with zero attached hydrogens (tertiary/aromatic N) is 1. The highest BCUT2D eigenvalue weighted by molar-refractivity contribution is 6.27. The molecule has 3 heterocycles. The Bertz CT molecular complexity index is 1130. The van der Waals surface area contributed by atoms with Crippen molar-refractivity contribution in [2.45, 2.75) is 44.2 Å². The molecule has 5 rings (SSSR count). The van der Waals surface area contributed by atoms with E-state index >= 15 is 0 Å². The molecule has 3 aromatic rings. The van der Waals surface area contributed by atoms with E-state index in [1.54, 1.807) is 0 Å². The lowest BCUT2D eigenvalue weighted by atomic mass is 9.96. The molecular weight excluding hydrogens is 408 g/mol. The van der Waals surface area contributed by atoms with Crippen LogP contribution in [-0.2, 0) is 16.0 Å². The first-order chi connectivity index (χ1) is 15.5. The Kier molecular flexibility index (Phi) is 6.37. The van der Waals surface area contributed by atoms with Crippen molar-refractivity contribution in [3.8, 4) is 0 Å². The lowest BCUT2D eigenvalue weighted by molar-refractivity contribution is -0.159. The summed E-state index contributed by atoms with van der Waals surface area (Å²) in [6, 6.07) is 19.5. The number of H-pyrrole nitrogens is 1. The Morgan fingerprint density at radius 2 is 1.62 bits per heavy atom. The van der Waals surface area contributed by atoms with Gasteiger partial charge in [0.25, 0.3) is 0 Å². The van der Waals surface area contributed by atoms with Gasteiger partial charge >= 0.3 is 11.9 Å². The molecule has 2 aliphatic rings.